The number of anilines is 1. The van der Waals surface area contributed by atoms with Crippen molar-refractivity contribution in [1.29, 1.82) is 0 Å². The van der Waals surface area contributed by atoms with Gasteiger partial charge in [0.05, 0.1) is 6.21 Å². The van der Waals surface area contributed by atoms with Crippen LogP contribution in [-0.4, -0.2) is 37.2 Å². The highest BCUT2D eigenvalue weighted by atomic mass is 35.5. The van der Waals surface area contributed by atoms with E-state index in [9.17, 15) is 9.59 Å². The lowest BCUT2D eigenvalue weighted by atomic mass is 10.0. The summed E-state index contributed by atoms with van der Waals surface area (Å²) >= 11 is 5.87. The zero-order chi connectivity index (χ0) is 22.8. The van der Waals surface area contributed by atoms with Crippen molar-refractivity contribution in [3.8, 4) is 0 Å². The Morgan fingerprint density at radius 1 is 1.03 bits per heavy atom. The van der Waals surface area contributed by atoms with Gasteiger partial charge in [0.25, 0.3) is 11.8 Å². The van der Waals surface area contributed by atoms with Gasteiger partial charge in [-0.1, -0.05) is 37.6 Å². The summed E-state index contributed by atoms with van der Waals surface area (Å²) in [5.41, 5.74) is 5.02. The lowest BCUT2D eigenvalue weighted by Crippen LogP contribution is -2.46. The quantitative estimate of drug-likeness (QED) is 0.420. The van der Waals surface area contributed by atoms with E-state index in [0.717, 1.165) is 24.3 Å². The summed E-state index contributed by atoms with van der Waals surface area (Å²) in [5.74, 6) is -0.460. The fourth-order valence-electron chi connectivity index (χ4n) is 3.15. The molecule has 0 spiro atoms. The normalized spacial score (nSPS) is 12.1. The molecule has 0 aliphatic heterocycles. The number of amides is 2. The van der Waals surface area contributed by atoms with Gasteiger partial charge >= 0.3 is 0 Å². The molecule has 2 N–H and O–H groups in total. The number of rotatable bonds is 10. The average Bonchev–Trinajstić information content (AvgIpc) is 2.75. The van der Waals surface area contributed by atoms with Crippen LogP contribution >= 0.6 is 11.6 Å². The molecule has 2 aromatic carbocycles. The molecule has 7 heteroatoms. The number of nitrogens with one attached hydrogen (secondary N) is 2. The Morgan fingerprint density at radius 3 is 2.19 bits per heavy atom. The topological polar surface area (TPSA) is 73.8 Å². The van der Waals surface area contributed by atoms with Crippen LogP contribution < -0.4 is 15.6 Å². The minimum Gasteiger partial charge on any atom is -0.372 e. The molecule has 1 atom stereocenters. The first-order chi connectivity index (χ1) is 14.8. The first-order valence-electron chi connectivity index (χ1n) is 10.6. The monoisotopic (exact) mass is 442 g/mol. The van der Waals surface area contributed by atoms with E-state index < -0.39 is 6.04 Å². The third kappa shape index (κ3) is 7.72. The van der Waals surface area contributed by atoms with Crippen LogP contribution in [0, 0.1) is 5.92 Å². The highest BCUT2D eigenvalue weighted by Gasteiger charge is 2.22. The lowest BCUT2D eigenvalue weighted by Gasteiger charge is -2.20. The average molecular weight is 443 g/mol. The molecule has 0 saturated carbocycles. The second kappa shape index (κ2) is 12.1. The van der Waals surface area contributed by atoms with Gasteiger partial charge < -0.3 is 10.2 Å². The number of hydrogen-bond donors (Lipinski definition) is 2. The van der Waals surface area contributed by atoms with Crippen molar-refractivity contribution in [2.75, 3.05) is 18.0 Å². The molecule has 166 valence electrons. The number of benzene rings is 2. The molecule has 0 aliphatic carbocycles. The largest absolute Gasteiger partial charge is 0.372 e. The molecule has 0 heterocycles. The molecular formula is C24H31ClN4O2. The van der Waals surface area contributed by atoms with Crippen molar-refractivity contribution < 1.29 is 9.59 Å². The van der Waals surface area contributed by atoms with Gasteiger partial charge in [-0.15, -0.1) is 0 Å². The van der Waals surface area contributed by atoms with Crippen molar-refractivity contribution in [2.24, 2.45) is 11.0 Å². The van der Waals surface area contributed by atoms with Crippen molar-refractivity contribution in [3.63, 3.8) is 0 Å². The summed E-state index contributed by atoms with van der Waals surface area (Å²) in [7, 11) is 0. The minimum absolute atomic E-state index is 0.220. The third-order valence-corrected chi connectivity index (χ3v) is 5.10. The number of hydrogen-bond acceptors (Lipinski definition) is 4. The van der Waals surface area contributed by atoms with E-state index in [4.69, 9.17) is 11.6 Å². The predicted octanol–water partition coefficient (Wildman–Crippen LogP) is 4.48. The second-order valence-corrected chi connectivity index (χ2v) is 8.10. The molecule has 2 aromatic rings. The van der Waals surface area contributed by atoms with E-state index in [1.165, 1.54) is 0 Å². The van der Waals surface area contributed by atoms with E-state index in [1.54, 1.807) is 30.5 Å². The fourth-order valence-corrected chi connectivity index (χ4v) is 3.28. The zero-order valence-corrected chi connectivity index (χ0v) is 19.3. The van der Waals surface area contributed by atoms with Gasteiger partial charge in [-0.3, -0.25) is 9.59 Å². The number of hydrazone groups is 1. The molecule has 2 rings (SSSR count). The number of carbonyl (C=O) groups excluding carboxylic acids is 2. The summed E-state index contributed by atoms with van der Waals surface area (Å²) in [4.78, 5) is 27.4. The summed E-state index contributed by atoms with van der Waals surface area (Å²) < 4.78 is 0. The number of carbonyl (C=O) groups is 2. The Bertz CT molecular complexity index is 875. The Labute approximate surface area is 189 Å². The highest BCUT2D eigenvalue weighted by Crippen LogP contribution is 2.14. The molecule has 6 nitrogen and oxygen atoms in total. The number of halogens is 1. The minimum atomic E-state index is -0.689. The number of nitrogens with zero attached hydrogens (tertiary/aromatic N) is 2. The van der Waals surface area contributed by atoms with Crippen LogP contribution in [0.25, 0.3) is 0 Å². The maximum absolute atomic E-state index is 12.6. The van der Waals surface area contributed by atoms with Crippen molar-refractivity contribution in [2.45, 2.75) is 40.2 Å². The first-order valence-corrected chi connectivity index (χ1v) is 11.0. The van der Waals surface area contributed by atoms with Gasteiger partial charge in [-0.25, -0.2) is 5.43 Å². The molecule has 1 unspecified atom stereocenters. The summed E-state index contributed by atoms with van der Waals surface area (Å²) in [6.45, 7) is 10.1. The molecular weight excluding hydrogens is 412 g/mol. The fraction of sp³-hybridized carbons (Fsp3) is 0.375. The van der Waals surface area contributed by atoms with E-state index in [0.29, 0.717) is 17.0 Å². The molecule has 0 radical (unpaired) electrons. The highest BCUT2D eigenvalue weighted by molar-refractivity contribution is 6.30. The maximum Gasteiger partial charge on any atom is 0.262 e. The van der Waals surface area contributed by atoms with E-state index >= 15 is 0 Å². The molecule has 0 bridgehead atoms. The second-order valence-electron chi connectivity index (χ2n) is 7.66. The smallest absolute Gasteiger partial charge is 0.262 e. The van der Waals surface area contributed by atoms with Gasteiger partial charge in [-0.2, -0.15) is 5.10 Å². The predicted molar refractivity (Wildman–Crippen MR) is 128 cm³/mol. The SMILES string of the molecule is CCN(CC)c1ccc(/C=N/NC(=O)C(CC(C)C)NC(=O)c2ccc(Cl)cc2)cc1. The van der Waals surface area contributed by atoms with E-state index in [-0.39, 0.29) is 17.7 Å². The van der Waals surface area contributed by atoms with Crippen molar-refractivity contribution in [3.05, 3.63) is 64.7 Å². The Balaban J connectivity index is 1.99. The van der Waals surface area contributed by atoms with Crippen LogP contribution in [0.15, 0.2) is 53.6 Å². The van der Waals surface area contributed by atoms with Crippen LogP contribution in [-0.2, 0) is 4.79 Å². The Hall–Kier alpha value is -2.86. The van der Waals surface area contributed by atoms with Gasteiger partial charge in [0.1, 0.15) is 6.04 Å². The van der Waals surface area contributed by atoms with Crippen LogP contribution in [0.3, 0.4) is 0 Å². The Kier molecular flexibility index (Phi) is 9.53. The van der Waals surface area contributed by atoms with Crippen LogP contribution in [0.5, 0.6) is 0 Å². The zero-order valence-electron chi connectivity index (χ0n) is 18.6. The van der Waals surface area contributed by atoms with Crippen LogP contribution in [0.1, 0.15) is 50.0 Å². The molecule has 0 aromatic heterocycles. The molecule has 0 aliphatic rings. The van der Waals surface area contributed by atoms with Gasteiger partial charge in [0.15, 0.2) is 0 Å². The standard InChI is InChI=1S/C24H31ClN4O2/c1-5-29(6-2)21-13-7-18(8-14-21)16-26-28-24(31)22(15-17(3)4)27-23(30)19-9-11-20(25)12-10-19/h7-14,16-17,22H,5-6,15H2,1-4H3,(H,27,30)(H,28,31)/b26-16+. The molecule has 2 amide bonds. The lowest BCUT2D eigenvalue weighted by molar-refractivity contribution is -0.123. The maximum atomic E-state index is 12.6. The van der Waals surface area contributed by atoms with Crippen molar-refractivity contribution in [1.82, 2.24) is 10.7 Å². The summed E-state index contributed by atoms with van der Waals surface area (Å²) in [6.07, 6.45) is 2.09. The third-order valence-electron chi connectivity index (χ3n) is 4.85. The first kappa shape index (κ1) is 24.4. The summed E-state index contributed by atoms with van der Waals surface area (Å²) in [5, 5.41) is 7.41. The van der Waals surface area contributed by atoms with Crippen molar-refractivity contribution >= 4 is 35.3 Å². The van der Waals surface area contributed by atoms with Gasteiger partial charge in [0, 0.05) is 29.4 Å². The molecule has 0 fully saturated rings. The summed E-state index contributed by atoms with van der Waals surface area (Å²) in [6, 6.07) is 13.8. The van der Waals surface area contributed by atoms with Gasteiger partial charge in [0.2, 0.25) is 0 Å². The van der Waals surface area contributed by atoms with Crippen LogP contribution in [0.2, 0.25) is 5.02 Å². The molecule has 0 saturated heterocycles. The van der Waals surface area contributed by atoms with Gasteiger partial charge in [-0.05, 0) is 68.1 Å². The van der Waals surface area contributed by atoms with E-state index in [2.05, 4.69) is 34.6 Å². The van der Waals surface area contributed by atoms with Crippen LogP contribution in [0.4, 0.5) is 5.69 Å². The van der Waals surface area contributed by atoms with E-state index in [1.807, 2.05) is 38.1 Å². The Morgan fingerprint density at radius 2 is 1.65 bits per heavy atom. The molecule has 31 heavy (non-hydrogen) atoms.